The molecule has 3 aromatic rings. The summed E-state index contributed by atoms with van der Waals surface area (Å²) in [6, 6.07) is 10.8. The molecule has 4 rings (SSSR count). The number of amides is 1. The maximum absolute atomic E-state index is 13.2. The molecule has 0 bridgehead atoms. The molecule has 29 heavy (non-hydrogen) atoms. The SMILES string of the molecule is Cc1cc(Cc2ccc(F)cc2)cc(C2CCCN(C(=O)c3nccn3C)C2)n1. The molecule has 3 heterocycles. The average molecular weight is 392 g/mol. The van der Waals surface area contributed by atoms with Crippen LogP contribution in [0.2, 0.25) is 0 Å². The Morgan fingerprint density at radius 3 is 2.72 bits per heavy atom. The standard InChI is InChI=1S/C23H25FN4O/c1-16-12-18(13-17-5-7-20(24)8-6-17)14-21(26-16)19-4-3-10-28(15-19)23(29)22-25-9-11-27(22)2/h5-9,11-12,14,19H,3-4,10,13,15H2,1-2H3. The fraction of sp³-hybridized carbons (Fsp3) is 0.348. The van der Waals surface area contributed by atoms with E-state index in [1.165, 1.54) is 12.1 Å². The van der Waals surface area contributed by atoms with Crippen molar-refractivity contribution in [2.75, 3.05) is 13.1 Å². The van der Waals surface area contributed by atoms with Crippen LogP contribution in [0.15, 0.2) is 48.8 Å². The molecule has 1 saturated heterocycles. The van der Waals surface area contributed by atoms with Crippen molar-refractivity contribution in [1.29, 1.82) is 0 Å². The predicted molar refractivity (Wildman–Crippen MR) is 109 cm³/mol. The van der Waals surface area contributed by atoms with Crippen molar-refractivity contribution < 1.29 is 9.18 Å². The van der Waals surface area contributed by atoms with Crippen molar-refractivity contribution in [2.24, 2.45) is 7.05 Å². The predicted octanol–water partition coefficient (Wildman–Crippen LogP) is 3.87. The van der Waals surface area contributed by atoms with Gasteiger partial charge in [0.2, 0.25) is 0 Å². The minimum absolute atomic E-state index is 0.0265. The molecule has 0 N–H and O–H groups in total. The lowest BCUT2D eigenvalue weighted by Gasteiger charge is -2.32. The lowest BCUT2D eigenvalue weighted by molar-refractivity contribution is 0.0690. The average Bonchev–Trinajstić information content (AvgIpc) is 3.15. The summed E-state index contributed by atoms with van der Waals surface area (Å²) < 4.78 is 14.9. The molecule has 2 aromatic heterocycles. The van der Waals surface area contributed by atoms with Crippen molar-refractivity contribution in [3.8, 4) is 0 Å². The van der Waals surface area contributed by atoms with Gasteiger partial charge in [-0.15, -0.1) is 0 Å². The van der Waals surface area contributed by atoms with Crippen LogP contribution in [0, 0.1) is 12.7 Å². The Labute approximate surface area is 170 Å². The second-order valence-corrected chi connectivity index (χ2v) is 7.80. The summed E-state index contributed by atoms with van der Waals surface area (Å²) in [5.41, 5.74) is 4.22. The van der Waals surface area contributed by atoms with E-state index in [1.807, 2.05) is 31.0 Å². The third-order valence-corrected chi connectivity index (χ3v) is 5.49. The van der Waals surface area contributed by atoms with Crippen LogP contribution in [0.1, 0.15) is 51.9 Å². The Balaban J connectivity index is 1.53. The molecular weight excluding hydrogens is 367 g/mol. The molecule has 150 valence electrons. The minimum atomic E-state index is -0.222. The number of imidazole rings is 1. The van der Waals surface area contributed by atoms with Gasteiger partial charge in [0, 0.05) is 49.8 Å². The van der Waals surface area contributed by atoms with Gasteiger partial charge < -0.3 is 9.47 Å². The molecular formula is C23H25FN4O. The number of aromatic nitrogens is 3. The molecule has 1 aliphatic heterocycles. The molecule has 1 aromatic carbocycles. The topological polar surface area (TPSA) is 51.0 Å². The number of carbonyl (C=O) groups excluding carboxylic acids is 1. The third kappa shape index (κ3) is 4.36. The smallest absolute Gasteiger partial charge is 0.289 e. The van der Waals surface area contributed by atoms with Crippen molar-refractivity contribution in [3.05, 3.63) is 82.9 Å². The number of nitrogens with zero attached hydrogens (tertiary/aromatic N) is 4. The summed E-state index contributed by atoms with van der Waals surface area (Å²) in [4.78, 5) is 23.7. The lowest BCUT2D eigenvalue weighted by Crippen LogP contribution is -2.40. The number of aryl methyl sites for hydroxylation is 2. The zero-order chi connectivity index (χ0) is 20.4. The van der Waals surface area contributed by atoms with E-state index in [-0.39, 0.29) is 17.6 Å². The molecule has 0 radical (unpaired) electrons. The highest BCUT2D eigenvalue weighted by molar-refractivity contribution is 5.90. The van der Waals surface area contributed by atoms with Crippen molar-refractivity contribution in [3.63, 3.8) is 0 Å². The van der Waals surface area contributed by atoms with Crippen LogP contribution in [0.3, 0.4) is 0 Å². The molecule has 0 aliphatic carbocycles. The quantitative estimate of drug-likeness (QED) is 0.677. The highest BCUT2D eigenvalue weighted by atomic mass is 19.1. The number of piperidine rings is 1. The fourth-order valence-corrected chi connectivity index (χ4v) is 4.03. The van der Waals surface area contributed by atoms with E-state index in [2.05, 4.69) is 17.1 Å². The van der Waals surface area contributed by atoms with Gasteiger partial charge in [0.15, 0.2) is 5.82 Å². The maximum atomic E-state index is 13.2. The normalized spacial score (nSPS) is 16.8. The summed E-state index contributed by atoms with van der Waals surface area (Å²) in [6.07, 6.45) is 6.14. The van der Waals surface area contributed by atoms with Crippen molar-refractivity contribution in [1.82, 2.24) is 19.4 Å². The van der Waals surface area contributed by atoms with Gasteiger partial charge >= 0.3 is 0 Å². The number of hydrogen-bond acceptors (Lipinski definition) is 3. The van der Waals surface area contributed by atoms with Gasteiger partial charge in [-0.25, -0.2) is 9.37 Å². The van der Waals surface area contributed by atoms with Gasteiger partial charge in [0.1, 0.15) is 5.82 Å². The fourth-order valence-electron chi connectivity index (χ4n) is 4.03. The van der Waals surface area contributed by atoms with E-state index < -0.39 is 0 Å². The molecule has 0 spiro atoms. The Hall–Kier alpha value is -3.02. The summed E-state index contributed by atoms with van der Waals surface area (Å²) in [6.45, 7) is 3.39. The first-order valence-corrected chi connectivity index (χ1v) is 9.98. The molecule has 5 nitrogen and oxygen atoms in total. The van der Waals surface area contributed by atoms with Gasteiger partial charge in [0.05, 0.1) is 0 Å². The first-order valence-electron chi connectivity index (χ1n) is 9.98. The number of likely N-dealkylation sites (tertiary alicyclic amines) is 1. The van der Waals surface area contributed by atoms with E-state index in [1.54, 1.807) is 17.0 Å². The first-order chi connectivity index (χ1) is 14.0. The Morgan fingerprint density at radius 2 is 2.00 bits per heavy atom. The highest BCUT2D eigenvalue weighted by Gasteiger charge is 2.28. The van der Waals surface area contributed by atoms with Crippen LogP contribution >= 0.6 is 0 Å². The molecule has 6 heteroatoms. The van der Waals surface area contributed by atoms with E-state index in [9.17, 15) is 9.18 Å². The second kappa shape index (κ2) is 8.15. The summed E-state index contributed by atoms with van der Waals surface area (Å²) in [7, 11) is 1.84. The molecule has 1 atom stereocenters. The van der Waals surface area contributed by atoms with E-state index in [0.29, 0.717) is 12.4 Å². The molecule has 1 unspecified atom stereocenters. The minimum Gasteiger partial charge on any atom is -0.335 e. The van der Waals surface area contributed by atoms with Crippen LogP contribution in [-0.2, 0) is 13.5 Å². The van der Waals surface area contributed by atoms with Crippen LogP contribution in [0.4, 0.5) is 4.39 Å². The zero-order valence-electron chi connectivity index (χ0n) is 16.8. The van der Waals surface area contributed by atoms with Crippen LogP contribution in [0.25, 0.3) is 0 Å². The van der Waals surface area contributed by atoms with Crippen molar-refractivity contribution in [2.45, 2.75) is 32.1 Å². The maximum Gasteiger partial charge on any atom is 0.289 e. The number of halogens is 1. The van der Waals surface area contributed by atoms with Gasteiger partial charge in [0.25, 0.3) is 5.91 Å². The van der Waals surface area contributed by atoms with Crippen LogP contribution < -0.4 is 0 Å². The van der Waals surface area contributed by atoms with Gasteiger partial charge in [-0.2, -0.15) is 0 Å². The zero-order valence-corrected chi connectivity index (χ0v) is 16.8. The molecule has 1 aliphatic rings. The molecule has 0 saturated carbocycles. The summed E-state index contributed by atoms with van der Waals surface area (Å²) in [5.74, 6) is 0.432. The second-order valence-electron chi connectivity index (χ2n) is 7.80. The highest BCUT2D eigenvalue weighted by Crippen LogP contribution is 2.28. The summed E-state index contributed by atoms with van der Waals surface area (Å²) >= 11 is 0. The largest absolute Gasteiger partial charge is 0.335 e. The van der Waals surface area contributed by atoms with E-state index in [0.717, 1.165) is 48.3 Å². The van der Waals surface area contributed by atoms with Gasteiger partial charge in [-0.1, -0.05) is 12.1 Å². The monoisotopic (exact) mass is 392 g/mol. The molecule has 1 fully saturated rings. The van der Waals surface area contributed by atoms with E-state index >= 15 is 0 Å². The number of rotatable bonds is 4. The van der Waals surface area contributed by atoms with Gasteiger partial charge in [-0.3, -0.25) is 9.78 Å². The number of carbonyl (C=O) groups is 1. The number of benzene rings is 1. The first kappa shape index (κ1) is 19.3. The Kier molecular flexibility index (Phi) is 5.43. The van der Waals surface area contributed by atoms with Crippen LogP contribution in [0.5, 0.6) is 0 Å². The lowest BCUT2D eigenvalue weighted by atomic mass is 9.92. The van der Waals surface area contributed by atoms with Crippen molar-refractivity contribution >= 4 is 5.91 Å². The summed E-state index contributed by atoms with van der Waals surface area (Å²) in [5, 5.41) is 0. The van der Waals surface area contributed by atoms with E-state index in [4.69, 9.17) is 4.98 Å². The molecule has 1 amide bonds. The Bertz CT molecular complexity index is 1010. The Morgan fingerprint density at radius 1 is 1.21 bits per heavy atom. The van der Waals surface area contributed by atoms with Gasteiger partial charge in [-0.05, 0) is 61.6 Å². The van der Waals surface area contributed by atoms with Crippen LogP contribution in [-0.4, -0.2) is 38.4 Å². The number of hydrogen-bond donors (Lipinski definition) is 0. The number of pyridine rings is 1. The third-order valence-electron chi connectivity index (χ3n) is 5.49.